The van der Waals surface area contributed by atoms with Crippen LogP contribution < -0.4 is 0 Å². The number of aliphatic hydroxyl groups is 1. The Bertz CT molecular complexity index is 674. The normalized spacial score (nSPS) is 18.1. The van der Waals surface area contributed by atoms with Gasteiger partial charge in [0.2, 0.25) is 0 Å². The summed E-state index contributed by atoms with van der Waals surface area (Å²) in [7, 11) is 0. The Labute approximate surface area is 147 Å². The molecule has 1 fully saturated rings. The Kier molecular flexibility index (Phi) is 5.01. The summed E-state index contributed by atoms with van der Waals surface area (Å²) in [6, 6.07) is 7.91. The maximum absolute atomic E-state index is 12.8. The maximum atomic E-state index is 12.8. The van der Waals surface area contributed by atoms with Gasteiger partial charge < -0.3 is 10.0 Å². The van der Waals surface area contributed by atoms with Gasteiger partial charge in [0.15, 0.2) is 0 Å². The maximum Gasteiger partial charge on any atom is 0.254 e. The molecule has 1 atom stereocenters. The summed E-state index contributed by atoms with van der Waals surface area (Å²) in [6.45, 7) is 4.43. The number of carbonyl (C=O) groups excluding carboxylic acids is 1. The molecular formula is C19H24N2O2S. The smallest absolute Gasteiger partial charge is 0.254 e. The first kappa shape index (κ1) is 17.1. The zero-order valence-corrected chi connectivity index (χ0v) is 15.1. The van der Waals surface area contributed by atoms with E-state index in [4.69, 9.17) is 0 Å². The molecule has 3 rings (SSSR count). The molecule has 1 saturated heterocycles. The molecule has 0 unspecified atom stereocenters. The number of thiazole rings is 1. The number of aromatic nitrogens is 1. The van der Waals surface area contributed by atoms with E-state index in [2.05, 4.69) is 4.98 Å². The average molecular weight is 344 g/mol. The first-order valence-corrected chi connectivity index (χ1v) is 9.34. The molecule has 0 spiro atoms. The lowest BCUT2D eigenvalue weighted by atomic mass is 9.98. The van der Waals surface area contributed by atoms with Gasteiger partial charge in [0.25, 0.3) is 5.91 Å². The van der Waals surface area contributed by atoms with Crippen LogP contribution in [0.25, 0.3) is 0 Å². The molecule has 1 N–H and O–H groups in total. The fraction of sp³-hybridized carbons (Fsp3) is 0.474. The van der Waals surface area contributed by atoms with E-state index in [9.17, 15) is 9.90 Å². The van der Waals surface area contributed by atoms with Crippen LogP contribution in [0.5, 0.6) is 0 Å². The van der Waals surface area contributed by atoms with Gasteiger partial charge in [0, 0.05) is 23.7 Å². The van der Waals surface area contributed by atoms with Gasteiger partial charge in [0.05, 0.1) is 11.6 Å². The quantitative estimate of drug-likeness (QED) is 0.897. The minimum Gasteiger partial charge on any atom is -0.390 e. The van der Waals surface area contributed by atoms with Gasteiger partial charge >= 0.3 is 0 Å². The number of likely N-dealkylation sites (tertiary alicyclic amines) is 1. The first-order valence-electron chi connectivity index (χ1n) is 8.46. The highest BCUT2D eigenvalue weighted by atomic mass is 32.1. The minimum absolute atomic E-state index is 0.0849. The molecule has 2 heterocycles. The first-order chi connectivity index (χ1) is 11.4. The van der Waals surface area contributed by atoms with Gasteiger partial charge in [-0.25, -0.2) is 4.98 Å². The van der Waals surface area contributed by atoms with E-state index in [-0.39, 0.29) is 11.9 Å². The highest BCUT2D eigenvalue weighted by Gasteiger charge is 2.32. The van der Waals surface area contributed by atoms with Crippen molar-refractivity contribution >= 4 is 17.2 Å². The van der Waals surface area contributed by atoms with Crippen molar-refractivity contribution in [3.8, 4) is 0 Å². The summed E-state index contributed by atoms with van der Waals surface area (Å²) in [5.41, 5.74) is 1.21. The van der Waals surface area contributed by atoms with E-state index in [1.807, 2.05) is 48.4 Å². The van der Waals surface area contributed by atoms with Crippen molar-refractivity contribution in [2.45, 2.75) is 51.2 Å². The molecular weight excluding hydrogens is 320 g/mol. The van der Waals surface area contributed by atoms with Crippen LogP contribution in [0.2, 0.25) is 0 Å². The third-order valence-corrected chi connectivity index (χ3v) is 5.35. The van der Waals surface area contributed by atoms with Crippen LogP contribution in [-0.4, -0.2) is 33.0 Å². The van der Waals surface area contributed by atoms with Gasteiger partial charge in [-0.15, -0.1) is 11.3 Å². The number of carbonyl (C=O) groups is 1. The molecule has 0 bridgehead atoms. The predicted octanol–water partition coefficient (Wildman–Crippen LogP) is 3.82. The molecule has 1 aliphatic heterocycles. The number of nitrogens with zero attached hydrogens (tertiary/aromatic N) is 2. The Balaban J connectivity index is 1.68. The van der Waals surface area contributed by atoms with E-state index < -0.39 is 5.60 Å². The monoisotopic (exact) mass is 344 g/mol. The zero-order valence-electron chi connectivity index (χ0n) is 14.2. The third kappa shape index (κ3) is 4.02. The van der Waals surface area contributed by atoms with Crippen molar-refractivity contribution < 1.29 is 9.90 Å². The van der Waals surface area contributed by atoms with Gasteiger partial charge in [-0.2, -0.15) is 0 Å². The molecule has 24 heavy (non-hydrogen) atoms. The van der Waals surface area contributed by atoms with Crippen molar-refractivity contribution in [2.75, 3.05) is 6.54 Å². The number of benzene rings is 1. The molecule has 5 heteroatoms. The predicted molar refractivity (Wildman–Crippen MR) is 96.2 cm³/mol. The van der Waals surface area contributed by atoms with Gasteiger partial charge in [-0.1, -0.05) is 12.1 Å². The second-order valence-electron chi connectivity index (χ2n) is 7.04. The van der Waals surface area contributed by atoms with Gasteiger partial charge in [0.1, 0.15) is 5.01 Å². The fourth-order valence-corrected chi connectivity index (χ4v) is 3.88. The Morgan fingerprint density at radius 2 is 2.12 bits per heavy atom. The number of hydrogen-bond acceptors (Lipinski definition) is 4. The summed E-state index contributed by atoms with van der Waals surface area (Å²) in [6.07, 6.45) is 5.34. The summed E-state index contributed by atoms with van der Waals surface area (Å²) >= 11 is 1.62. The van der Waals surface area contributed by atoms with Crippen molar-refractivity contribution in [1.82, 2.24) is 9.88 Å². The van der Waals surface area contributed by atoms with Crippen LogP contribution in [0.1, 0.15) is 60.1 Å². The molecule has 0 radical (unpaired) electrons. The molecule has 1 amide bonds. The average Bonchev–Trinajstić information content (AvgIpc) is 3.22. The van der Waals surface area contributed by atoms with Crippen LogP contribution in [0.4, 0.5) is 0 Å². The number of hydrogen-bond donors (Lipinski definition) is 1. The lowest BCUT2D eigenvalue weighted by Crippen LogP contribution is -2.30. The topological polar surface area (TPSA) is 53.4 Å². The Morgan fingerprint density at radius 3 is 2.75 bits per heavy atom. The number of aryl methyl sites for hydroxylation is 1. The minimum atomic E-state index is -0.662. The van der Waals surface area contributed by atoms with E-state index in [0.29, 0.717) is 6.42 Å². The van der Waals surface area contributed by atoms with Crippen molar-refractivity contribution in [2.24, 2.45) is 0 Å². The molecule has 1 aliphatic rings. The number of rotatable bonds is 5. The highest BCUT2D eigenvalue weighted by molar-refractivity contribution is 7.09. The van der Waals surface area contributed by atoms with Crippen molar-refractivity contribution in [1.29, 1.82) is 0 Å². The summed E-state index contributed by atoms with van der Waals surface area (Å²) in [4.78, 5) is 19.2. The highest BCUT2D eigenvalue weighted by Crippen LogP contribution is 2.34. The molecule has 1 aromatic carbocycles. The molecule has 0 saturated carbocycles. The van der Waals surface area contributed by atoms with E-state index in [0.717, 1.165) is 41.9 Å². The third-order valence-electron chi connectivity index (χ3n) is 4.48. The molecule has 4 nitrogen and oxygen atoms in total. The fourth-order valence-electron chi connectivity index (χ4n) is 3.10. The van der Waals surface area contributed by atoms with Crippen molar-refractivity contribution in [3.63, 3.8) is 0 Å². The van der Waals surface area contributed by atoms with Crippen LogP contribution in [0.3, 0.4) is 0 Å². The van der Waals surface area contributed by atoms with Gasteiger partial charge in [-0.3, -0.25) is 4.79 Å². The van der Waals surface area contributed by atoms with Crippen LogP contribution >= 0.6 is 11.3 Å². The summed E-state index contributed by atoms with van der Waals surface area (Å²) in [5.74, 6) is 0.0849. The SMILES string of the molecule is CC(C)(O)CCc1ccc(C(=O)N2CCC[C@H]2c2nccs2)cc1. The largest absolute Gasteiger partial charge is 0.390 e. The van der Waals surface area contributed by atoms with Crippen molar-refractivity contribution in [3.05, 3.63) is 52.0 Å². The second kappa shape index (κ2) is 7.03. The van der Waals surface area contributed by atoms with E-state index in [1.165, 1.54) is 0 Å². The van der Waals surface area contributed by atoms with Crippen LogP contribution in [0.15, 0.2) is 35.8 Å². The Hall–Kier alpha value is -1.72. The summed E-state index contributed by atoms with van der Waals surface area (Å²) in [5, 5.41) is 12.8. The molecule has 128 valence electrons. The Morgan fingerprint density at radius 1 is 1.38 bits per heavy atom. The zero-order chi connectivity index (χ0) is 17.2. The van der Waals surface area contributed by atoms with E-state index in [1.54, 1.807) is 17.5 Å². The second-order valence-corrected chi connectivity index (χ2v) is 7.96. The molecule has 1 aromatic heterocycles. The molecule has 0 aliphatic carbocycles. The van der Waals surface area contributed by atoms with Crippen LogP contribution in [-0.2, 0) is 6.42 Å². The standard InChI is InChI=1S/C19H24N2O2S/c1-19(2,23)10-9-14-5-7-15(8-6-14)18(22)21-12-3-4-16(21)17-20-11-13-24-17/h5-8,11,13,16,23H,3-4,9-10,12H2,1-2H3/t16-/m0/s1. The summed E-state index contributed by atoms with van der Waals surface area (Å²) < 4.78 is 0. The van der Waals surface area contributed by atoms with E-state index >= 15 is 0 Å². The lowest BCUT2D eigenvalue weighted by molar-refractivity contribution is 0.0710. The van der Waals surface area contributed by atoms with Gasteiger partial charge in [-0.05, 0) is 57.2 Å². The lowest BCUT2D eigenvalue weighted by Gasteiger charge is -2.23. The molecule has 2 aromatic rings. The van der Waals surface area contributed by atoms with Crippen LogP contribution in [0, 0.1) is 0 Å². The number of amides is 1.